The Hall–Kier alpha value is -1.12. The van der Waals surface area contributed by atoms with E-state index in [1.807, 2.05) is 6.08 Å². The van der Waals surface area contributed by atoms with Crippen LogP contribution in [0.1, 0.15) is 0 Å². The standard InChI is InChI=1S/C7H8N2O/c10-7-6-4-8-2-1-5(6)3-9-7/h1-2,4-6H,3H2,(H,9,10)/t5-,6-/m1/s1. The molecule has 0 aromatic heterocycles. The van der Waals surface area contributed by atoms with E-state index in [1.54, 1.807) is 12.4 Å². The summed E-state index contributed by atoms with van der Waals surface area (Å²) in [7, 11) is 0. The van der Waals surface area contributed by atoms with Crippen molar-refractivity contribution in [3.63, 3.8) is 0 Å². The summed E-state index contributed by atoms with van der Waals surface area (Å²) < 4.78 is 0. The molecule has 0 radical (unpaired) electrons. The Balaban J connectivity index is 2.27. The van der Waals surface area contributed by atoms with Gasteiger partial charge in [-0.3, -0.25) is 9.79 Å². The van der Waals surface area contributed by atoms with Crippen molar-refractivity contribution in [3.05, 3.63) is 12.3 Å². The molecule has 0 aromatic carbocycles. The third-order valence-electron chi connectivity index (χ3n) is 1.94. The van der Waals surface area contributed by atoms with Gasteiger partial charge in [0.15, 0.2) is 0 Å². The lowest BCUT2D eigenvalue weighted by atomic mass is 9.95. The number of nitrogens with one attached hydrogen (secondary N) is 1. The number of nitrogens with zero attached hydrogens (tertiary/aromatic N) is 1. The van der Waals surface area contributed by atoms with Gasteiger partial charge in [0, 0.05) is 24.9 Å². The Morgan fingerprint density at radius 1 is 1.70 bits per heavy atom. The van der Waals surface area contributed by atoms with Crippen molar-refractivity contribution in [1.29, 1.82) is 0 Å². The number of amides is 1. The quantitative estimate of drug-likeness (QED) is 0.498. The Morgan fingerprint density at radius 2 is 2.60 bits per heavy atom. The molecule has 0 aromatic rings. The van der Waals surface area contributed by atoms with E-state index in [-0.39, 0.29) is 11.8 Å². The average molecular weight is 136 g/mol. The normalized spacial score (nSPS) is 35.8. The molecule has 2 heterocycles. The second-order valence-electron chi connectivity index (χ2n) is 2.57. The van der Waals surface area contributed by atoms with E-state index in [1.165, 1.54) is 0 Å². The van der Waals surface area contributed by atoms with Gasteiger partial charge in [0.1, 0.15) is 0 Å². The number of aliphatic imine (C=N–C) groups is 1. The van der Waals surface area contributed by atoms with Gasteiger partial charge in [-0.25, -0.2) is 0 Å². The summed E-state index contributed by atoms with van der Waals surface area (Å²) in [6.45, 7) is 0.770. The number of hydrogen-bond donors (Lipinski definition) is 1. The molecule has 0 saturated carbocycles. The van der Waals surface area contributed by atoms with Gasteiger partial charge in [0.05, 0.1) is 5.92 Å². The Labute approximate surface area is 58.8 Å². The largest absolute Gasteiger partial charge is 0.355 e. The molecule has 2 atom stereocenters. The van der Waals surface area contributed by atoms with Crippen molar-refractivity contribution in [2.45, 2.75) is 0 Å². The van der Waals surface area contributed by atoms with Crippen LogP contribution in [-0.2, 0) is 4.79 Å². The van der Waals surface area contributed by atoms with Crippen LogP contribution < -0.4 is 5.32 Å². The maximum absolute atomic E-state index is 11.0. The third-order valence-corrected chi connectivity index (χ3v) is 1.94. The zero-order chi connectivity index (χ0) is 6.97. The highest BCUT2D eigenvalue weighted by Gasteiger charge is 2.32. The molecule has 0 unspecified atom stereocenters. The predicted molar refractivity (Wildman–Crippen MR) is 37.6 cm³/mol. The number of rotatable bonds is 0. The lowest BCUT2D eigenvalue weighted by Crippen LogP contribution is -2.21. The molecule has 1 amide bonds. The first-order valence-electron chi connectivity index (χ1n) is 3.35. The molecule has 3 nitrogen and oxygen atoms in total. The maximum Gasteiger partial charge on any atom is 0.229 e. The van der Waals surface area contributed by atoms with E-state index in [0.29, 0.717) is 5.92 Å². The van der Waals surface area contributed by atoms with Gasteiger partial charge < -0.3 is 5.32 Å². The summed E-state index contributed by atoms with van der Waals surface area (Å²) in [4.78, 5) is 14.9. The van der Waals surface area contributed by atoms with Crippen LogP contribution in [0, 0.1) is 11.8 Å². The van der Waals surface area contributed by atoms with Crippen LogP contribution in [-0.4, -0.2) is 18.7 Å². The first kappa shape index (κ1) is 5.65. The summed E-state index contributed by atoms with van der Waals surface area (Å²) in [5.74, 6) is 0.466. The van der Waals surface area contributed by atoms with Crippen LogP contribution in [0.5, 0.6) is 0 Å². The molecule has 1 N–H and O–H groups in total. The smallest absolute Gasteiger partial charge is 0.229 e. The van der Waals surface area contributed by atoms with Crippen LogP contribution in [0.4, 0.5) is 0 Å². The van der Waals surface area contributed by atoms with Crippen molar-refractivity contribution in [2.24, 2.45) is 16.8 Å². The monoisotopic (exact) mass is 136 g/mol. The van der Waals surface area contributed by atoms with Gasteiger partial charge in [-0.1, -0.05) is 6.08 Å². The molecule has 1 fully saturated rings. The first-order valence-corrected chi connectivity index (χ1v) is 3.35. The van der Waals surface area contributed by atoms with Gasteiger partial charge in [0.25, 0.3) is 0 Å². The number of hydrogen-bond acceptors (Lipinski definition) is 2. The predicted octanol–water partition coefficient (Wildman–Crippen LogP) is -0.0533. The highest BCUT2D eigenvalue weighted by Crippen LogP contribution is 2.19. The van der Waals surface area contributed by atoms with Gasteiger partial charge >= 0.3 is 0 Å². The van der Waals surface area contributed by atoms with Crippen molar-refractivity contribution in [2.75, 3.05) is 6.54 Å². The van der Waals surface area contributed by atoms with Crippen LogP contribution in [0.3, 0.4) is 0 Å². The molecule has 52 valence electrons. The highest BCUT2D eigenvalue weighted by molar-refractivity contribution is 5.96. The Bertz CT molecular complexity index is 220. The van der Waals surface area contributed by atoms with Crippen LogP contribution in [0.15, 0.2) is 17.3 Å². The number of carbonyl (C=O) groups excluding carboxylic acids is 1. The average Bonchev–Trinajstić information content (AvgIpc) is 2.34. The number of fused-ring (bicyclic) bond motifs is 1. The topological polar surface area (TPSA) is 41.5 Å². The van der Waals surface area contributed by atoms with Crippen LogP contribution >= 0.6 is 0 Å². The van der Waals surface area contributed by atoms with E-state index in [2.05, 4.69) is 10.3 Å². The minimum atomic E-state index is 0.00463. The van der Waals surface area contributed by atoms with E-state index in [4.69, 9.17) is 0 Å². The number of carbonyl (C=O) groups is 1. The van der Waals surface area contributed by atoms with E-state index in [9.17, 15) is 4.79 Å². The van der Waals surface area contributed by atoms with Crippen molar-refractivity contribution >= 4 is 12.1 Å². The highest BCUT2D eigenvalue weighted by atomic mass is 16.2. The lowest BCUT2D eigenvalue weighted by Gasteiger charge is -2.08. The molecule has 0 bridgehead atoms. The molecule has 0 aliphatic carbocycles. The van der Waals surface area contributed by atoms with E-state index >= 15 is 0 Å². The summed E-state index contributed by atoms with van der Waals surface area (Å²) in [5, 5.41) is 2.78. The fraction of sp³-hybridized carbons (Fsp3) is 0.429. The third kappa shape index (κ3) is 0.667. The zero-order valence-electron chi connectivity index (χ0n) is 5.45. The van der Waals surface area contributed by atoms with Gasteiger partial charge in [-0.15, -0.1) is 0 Å². The molecule has 0 spiro atoms. The van der Waals surface area contributed by atoms with Gasteiger partial charge in [-0.05, 0) is 0 Å². The summed E-state index contributed by atoms with van der Waals surface area (Å²) in [6.07, 6.45) is 5.44. The summed E-state index contributed by atoms with van der Waals surface area (Å²) >= 11 is 0. The van der Waals surface area contributed by atoms with Gasteiger partial charge in [0.2, 0.25) is 5.91 Å². The summed E-state index contributed by atoms with van der Waals surface area (Å²) in [5.41, 5.74) is 0. The van der Waals surface area contributed by atoms with Crippen molar-refractivity contribution < 1.29 is 4.79 Å². The minimum Gasteiger partial charge on any atom is -0.355 e. The molecule has 1 saturated heterocycles. The molecular weight excluding hydrogens is 128 g/mol. The van der Waals surface area contributed by atoms with Crippen LogP contribution in [0.25, 0.3) is 0 Å². The minimum absolute atomic E-state index is 0.00463. The fourth-order valence-corrected chi connectivity index (χ4v) is 1.33. The first-order chi connectivity index (χ1) is 4.88. The molecule has 10 heavy (non-hydrogen) atoms. The molecule has 2 rings (SSSR count). The van der Waals surface area contributed by atoms with Crippen molar-refractivity contribution in [3.8, 4) is 0 Å². The molecule has 2 aliphatic rings. The SMILES string of the molecule is O=C1NC[C@H]2C=CN=C[C@@H]12. The Kier molecular flexibility index (Phi) is 1.09. The van der Waals surface area contributed by atoms with E-state index < -0.39 is 0 Å². The second kappa shape index (κ2) is 1.94. The molecule has 2 aliphatic heterocycles. The zero-order valence-corrected chi connectivity index (χ0v) is 5.45. The fourth-order valence-electron chi connectivity index (χ4n) is 1.33. The van der Waals surface area contributed by atoms with E-state index in [0.717, 1.165) is 6.54 Å². The maximum atomic E-state index is 11.0. The molecule has 3 heteroatoms. The molecular formula is C7H8N2O. The Morgan fingerprint density at radius 3 is 3.40 bits per heavy atom. The van der Waals surface area contributed by atoms with Crippen molar-refractivity contribution in [1.82, 2.24) is 5.32 Å². The second-order valence-corrected chi connectivity index (χ2v) is 2.57. The lowest BCUT2D eigenvalue weighted by molar-refractivity contribution is -0.120. The summed E-state index contributed by atoms with van der Waals surface area (Å²) in [6, 6.07) is 0. The van der Waals surface area contributed by atoms with Crippen LogP contribution in [0.2, 0.25) is 0 Å². The van der Waals surface area contributed by atoms with Gasteiger partial charge in [-0.2, -0.15) is 0 Å².